The zero-order valence-electron chi connectivity index (χ0n) is 7.16. The Kier molecular flexibility index (Phi) is 1.49. The van der Waals surface area contributed by atoms with Crippen molar-refractivity contribution in [1.82, 2.24) is 0 Å². The van der Waals surface area contributed by atoms with Crippen LogP contribution in [0.2, 0.25) is 0 Å². The van der Waals surface area contributed by atoms with Gasteiger partial charge in [0.05, 0.1) is 5.69 Å². The van der Waals surface area contributed by atoms with Gasteiger partial charge >= 0.3 is 0 Å². The first-order valence-corrected chi connectivity index (χ1v) is 3.90. The summed E-state index contributed by atoms with van der Waals surface area (Å²) in [5.74, 6) is 0.298. The Balaban J connectivity index is 2.84. The highest BCUT2D eigenvalue weighted by Crippen LogP contribution is 2.25. The van der Waals surface area contributed by atoms with Gasteiger partial charge in [0.25, 0.3) is 0 Å². The minimum Gasteiger partial charge on any atom is -0.443 e. The molecular weight excluding hydrogens is 164 g/mol. The van der Waals surface area contributed by atoms with Crippen molar-refractivity contribution >= 4 is 16.7 Å². The summed E-state index contributed by atoms with van der Waals surface area (Å²) in [4.78, 5) is 0. The van der Waals surface area contributed by atoms with Crippen LogP contribution in [0.25, 0.3) is 11.0 Å². The van der Waals surface area contributed by atoms with Crippen molar-refractivity contribution in [2.75, 3.05) is 5.73 Å². The van der Waals surface area contributed by atoms with Crippen molar-refractivity contribution in [3.05, 3.63) is 29.5 Å². The Morgan fingerprint density at radius 3 is 2.85 bits per heavy atom. The molecule has 3 heteroatoms. The van der Waals surface area contributed by atoms with Crippen LogP contribution >= 0.6 is 0 Å². The van der Waals surface area contributed by atoms with Gasteiger partial charge in [-0.25, -0.2) is 0 Å². The number of rotatable bonds is 0. The van der Waals surface area contributed by atoms with Crippen molar-refractivity contribution in [1.29, 1.82) is 5.26 Å². The average Bonchev–Trinajstić information content (AvgIpc) is 2.47. The molecule has 2 aromatic rings. The van der Waals surface area contributed by atoms with E-state index in [0.717, 1.165) is 10.9 Å². The Hall–Kier alpha value is -1.95. The predicted octanol–water partition coefficient (Wildman–Crippen LogP) is 2.20. The highest BCUT2D eigenvalue weighted by atomic mass is 16.3. The normalized spacial score (nSPS) is 10.2. The molecule has 0 atom stereocenters. The van der Waals surface area contributed by atoms with E-state index >= 15 is 0 Å². The second-order valence-corrected chi connectivity index (χ2v) is 2.99. The molecule has 0 bridgehead atoms. The van der Waals surface area contributed by atoms with Gasteiger partial charge in [-0.05, 0) is 24.6 Å². The van der Waals surface area contributed by atoms with E-state index in [0.29, 0.717) is 17.0 Å². The maximum atomic E-state index is 8.61. The van der Waals surface area contributed by atoms with Crippen LogP contribution in [0.4, 0.5) is 5.69 Å². The third kappa shape index (κ3) is 1.13. The van der Waals surface area contributed by atoms with Crippen LogP contribution in [0.1, 0.15) is 11.3 Å². The number of hydrogen-bond acceptors (Lipinski definition) is 3. The molecule has 0 aliphatic rings. The molecule has 3 nitrogen and oxygen atoms in total. The van der Waals surface area contributed by atoms with Gasteiger partial charge in [0, 0.05) is 11.5 Å². The van der Waals surface area contributed by atoms with Gasteiger partial charge in [-0.3, -0.25) is 0 Å². The van der Waals surface area contributed by atoms with Crippen LogP contribution in [0, 0.1) is 18.3 Å². The smallest absolute Gasteiger partial charge is 0.204 e. The van der Waals surface area contributed by atoms with E-state index in [1.54, 1.807) is 6.07 Å². The minimum atomic E-state index is 0.298. The van der Waals surface area contributed by atoms with Gasteiger partial charge < -0.3 is 10.2 Å². The van der Waals surface area contributed by atoms with E-state index in [4.69, 9.17) is 15.4 Å². The number of nitriles is 1. The maximum absolute atomic E-state index is 8.61. The summed E-state index contributed by atoms with van der Waals surface area (Å²) in [5.41, 5.74) is 7.97. The Bertz CT molecular complexity index is 505. The molecule has 0 saturated carbocycles. The van der Waals surface area contributed by atoms with Crippen molar-refractivity contribution in [3.8, 4) is 6.07 Å². The zero-order chi connectivity index (χ0) is 9.42. The van der Waals surface area contributed by atoms with E-state index in [2.05, 4.69) is 0 Å². The first-order chi connectivity index (χ1) is 6.20. The van der Waals surface area contributed by atoms with E-state index < -0.39 is 0 Å². The van der Waals surface area contributed by atoms with E-state index in [1.807, 2.05) is 25.1 Å². The van der Waals surface area contributed by atoms with Gasteiger partial charge in [-0.2, -0.15) is 5.26 Å². The fourth-order valence-electron chi connectivity index (χ4n) is 1.39. The second-order valence-electron chi connectivity index (χ2n) is 2.99. The summed E-state index contributed by atoms with van der Waals surface area (Å²) in [7, 11) is 0. The minimum absolute atomic E-state index is 0.298. The highest BCUT2D eigenvalue weighted by molar-refractivity contribution is 5.89. The molecule has 0 saturated heterocycles. The summed E-state index contributed by atoms with van der Waals surface area (Å²) >= 11 is 0. The molecule has 0 radical (unpaired) electrons. The SMILES string of the molecule is Cc1cc(N)c2oc(C#N)cc2c1. The van der Waals surface area contributed by atoms with E-state index in [1.165, 1.54) is 0 Å². The van der Waals surface area contributed by atoms with Gasteiger partial charge in [-0.1, -0.05) is 0 Å². The van der Waals surface area contributed by atoms with Crippen LogP contribution < -0.4 is 5.73 Å². The molecule has 1 heterocycles. The summed E-state index contributed by atoms with van der Waals surface area (Å²) in [6.45, 7) is 1.95. The Morgan fingerprint density at radius 1 is 1.38 bits per heavy atom. The van der Waals surface area contributed by atoms with Crippen molar-refractivity contribution in [2.45, 2.75) is 6.92 Å². The van der Waals surface area contributed by atoms with Crippen LogP contribution in [0.15, 0.2) is 22.6 Å². The number of benzene rings is 1. The molecule has 0 aliphatic carbocycles. The molecule has 1 aromatic carbocycles. The third-order valence-electron chi connectivity index (χ3n) is 1.90. The number of fused-ring (bicyclic) bond motifs is 1. The molecule has 64 valence electrons. The van der Waals surface area contributed by atoms with Crippen LogP contribution in [0.5, 0.6) is 0 Å². The van der Waals surface area contributed by atoms with Crippen molar-refractivity contribution in [2.24, 2.45) is 0 Å². The van der Waals surface area contributed by atoms with Crippen molar-refractivity contribution < 1.29 is 4.42 Å². The van der Waals surface area contributed by atoms with Crippen LogP contribution in [0.3, 0.4) is 0 Å². The van der Waals surface area contributed by atoms with Gasteiger partial charge in [0.15, 0.2) is 5.58 Å². The average molecular weight is 172 g/mol. The van der Waals surface area contributed by atoms with Gasteiger partial charge in [0.1, 0.15) is 6.07 Å². The summed E-state index contributed by atoms with van der Waals surface area (Å²) in [5, 5.41) is 9.50. The molecule has 0 fully saturated rings. The molecule has 0 unspecified atom stereocenters. The molecule has 2 N–H and O–H groups in total. The fraction of sp³-hybridized carbons (Fsp3) is 0.100. The fourth-order valence-corrected chi connectivity index (χ4v) is 1.39. The number of nitrogen functional groups attached to an aromatic ring is 1. The Labute approximate surface area is 75.4 Å². The van der Waals surface area contributed by atoms with E-state index in [-0.39, 0.29) is 0 Å². The number of nitrogens with two attached hydrogens (primary N) is 1. The standard InChI is InChI=1S/C10H8N2O/c1-6-2-7-4-8(5-11)13-10(7)9(12)3-6/h2-4H,12H2,1H3. The number of furan rings is 1. The lowest BCUT2D eigenvalue weighted by Crippen LogP contribution is -1.85. The summed E-state index contributed by atoms with van der Waals surface area (Å²) in [6, 6.07) is 7.40. The molecule has 13 heavy (non-hydrogen) atoms. The third-order valence-corrected chi connectivity index (χ3v) is 1.90. The molecule has 1 aromatic heterocycles. The lowest BCUT2D eigenvalue weighted by atomic mass is 10.1. The van der Waals surface area contributed by atoms with Crippen LogP contribution in [-0.4, -0.2) is 0 Å². The molecular formula is C10H8N2O. The number of anilines is 1. The Morgan fingerprint density at radius 2 is 2.15 bits per heavy atom. The highest BCUT2D eigenvalue weighted by Gasteiger charge is 2.06. The lowest BCUT2D eigenvalue weighted by molar-refractivity contribution is 0.600. The number of aryl methyl sites for hydroxylation is 1. The summed E-state index contributed by atoms with van der Waals surface area (Å²) < 4.78 is 5.22. The maximum Gasteiger partial charge on any atom is 0.204 e. The zero-order valence-corrected chi connectivity index (χ0v) is 7.16. The van der Waals surface area contributed by atoms with Crippen LogP contribution in [-0.2, 0) is 0 Å². The molecule has 0 amide bonds. The molecule has 0 spiro atoms. The lowest BCUT2D eigenvalue weighted by Gasteiger charge is -1.96. The predicted molar refractivity (Wildman–Crippen MR) is 50.1 cm³/mol. The topological polar surface area (TPSA) is 62.9 Å². The molecule has 2 rings (SSSR count). The number of hydrogen-bond donors (Lipinski definition) is 1. The second kappa shape index (κ2) is 2.53. The van der Waals surface area contributed by atoms with Gasteiger partial charge in [0.2, 0.25) is 5.76 Å². The monoisotopic (exact) mass is 172 g/mol. The quantitative estimate of drug-likeness (QED) is 0.619. The largest absolute Gasteiger partial charge is 0.443 e. The van der Waals surface area contributed by atoms with Crippen molar-refractivity contribution in [3.63, 3.8) is 0 Å². The first kappa shape index (κ1) is 7.69. The molecule has 0 aliphatic heterocycles. The number of nitrogens with zero attached hydrogens (tertiary/aromatic N) is 1. The summed E-state index contributed by atoms with van der Waals surface area (Å²) in [6.07, 6.45) is 0. The van der Waals surface area contributed by atoms with Gasteiger partial charge in [-0.15, -0.1) is 0 Å². The van der Waals surface area contributed by atoms with E-state index in [9.17, 15) is 0 Å². The first-order valence-electron chi connectivity index (χ1n) is 3.90.